The maximum Gasteiger partial charge on any atom is 0.194 e. The third-order valence-corrected chi connectivity index (χ3v) is 4.46. The van der Waals surface area contributed by atoms with Gasteiger partial charge in [0, 0.05) is 35.3 Å². The SMILES string of the molecule is O=C1c2ccccc2-c2ccc(-c3cccn4ccnc34)cc21. The van der Waals surface area contributed by atoms with Gasteiger partial charge in [0.2, 0.25) is 0 Å². The Morgan fingerprint density at radius 2 is 1.52 bits per heavy atom. The van der Waals surface area contributed by atoms with Crippen LogP contribution in [0.3, 0.4) is 0 Å². The summed E-state index contributed by atoms with van der Waals surface area (Å²) in [4.78, 5) is 17.1. The van der Waals surface area contributed by atoms with E-state index in [1.807, 2.05) is 65.3 Å². The van der Waals surface area contributed by atoms with E-state index in [1.54, 1.807) is 6.20 Å². The summed E-state index contributed by atoms with van der Waals surface area (Å²) < 4.78 is 1.99. The van der Waals surface area contributed by atoms with Crippen LogP contribution in [0.4, 0.5) is 0 Å². The van der Waals surface area contributed by atoms with Crippen LogP contribution in [0.15, 0.2) is 73.2 Å². The van der Waals surface area contributed by atoms with Crippen LogP contribution in [0, 0.1) is 0 Å². The fourth-order valence-corrected chi connectivity index (χ4v) is 3.37. The number of pyridine rings is 1. The van der Waals surface area contributed by atoms with Gasteiger partial charge in [0.15, 0.2) is 5.78 Å². The molecule has 0 aliphatic heterocycles. The number of fused-ring (bicyclic) bond motifs is 4. The van der Waals surface area contributed by atoms with Crippen LogP contribution >= 0.6 is 0 Å². The number of carbonyl (C=O) groups excluding carboxylic acids is 1. The highest BCUT2D eigenvalue weighted by Crippen LogP contribution is 2.38. The molecule has 2 aromatic heterocycles. The van der Waals surface area contributed by atoms with E-state index in [9.17, 15) is 4.79 Å². The van der Waals surface area contributed by atoms with Crippen LogP contribution in [0.5, 0.6) is 0 Å². The smallest absolute Gasteiger partial charge is 0.194 e. The molecule has 0 bridgehead atoms. The van der Waals surface area contributed by atoms with Gasteiger partial charge in [-0.25, -0.2) is 4.98 Å². The molecule has 0 atom stereocenters. The van der Waals surface area contributed by atoms with E-state index in [0.717, 1.165) is 39.0 Å². The third kappa shape index (κ3) is 1.64. The summed E-state index contributed by atoms with van der Waals surface area (Å²) in [6, 6.07) is 17.9. The molecular weight excluding hydrogens is 284 g/mol. The highest BCUT2D eigenvalue weighted by Gasteiger charge is 2.26. The second-order valence-corrected chi connectivity index (χ2v) is 5.72. The topological polar surface area (TPSA) is 34.4 Å². The first kappa shape index (κ1) is 12.4. The minimum atomic E-state index is 0.104. The van der Waals surface area contributed by atoms with Gasteiger partial charge in [0.25, 0.3) is 0 Å². The molecule has 0 saturated heterocycles. The second-order valence-electron chi connectivity index (χ2n) is 5.72. The Bertz CT molecular complexity index is 1090. The summed E-state index contributed by atoms with van der Waals surface area (Å²) in [5.41, 5.74) is 6.56. The van der Waals surface area contributed by atoms with Crippen molar-refractivity contribution >= 4 is 11.4 Å². The average Bonchev–Trinajstić information content (AvgIpc) is 3.19. The van der Waals surface area contributed by atoms with E-state index in [1.165, 1.54) is 0 Å². The van der Waals surface area contributed by atoms with Gasteiger partial charge in [0.1, 0.15) is 5.65 Å². The van der Waals surface area contributed by atoms with Gasteiger partial charge in [-0.2, -0.15) is 0 Å². The van der Waals surface area contributed by atoms with E-state index in [0.29, 0.717) is 0 Å². The lowest BCUT2D eigenvalue weighted by Crippen LogP contribution is -1.95. The zero-order valence-electron chi connectivity index (χ0n) is 12.2. The first-order valence-corrected chi connectivity index (χ1v) is 7.53. The quantitative estimate of drug-likeness (QED) is 0.464. The standard InChI is InChI=1S/C20H12N2O/c23-19-17-5-2-1-4-15(17)16-8-7-13(12-18(16)19)14-6-3-10-22-11-9-21-20(14)22/h1-12H. The van der Waals surface area contributed by atoms with E-state index in [4.69, 9.17) is 0 Å². The molecule has 5 rings (SSSR count). The molecule has 2 aromatic carbocycles. The molecule has 1 aliphatic rings. The number of hydrogen-bond acceptors (Lipinski definition) is 2. The monoisotopic (exact) mass is 296 g/mol. The van der Waals surface area contributed by atoms with Gasteiger partial charge in [0.05, 0.1) is 0 Å². The van der Waals surface area contributed by atoms with Crippen LogP contribution in [0.2, 0.25) is 0 Å². The number of imidazole rings is 1. The van der Waals surface area contributed by atoms with Crippen molar-refractivity contribution in [1.29, 1.82) is 0 Å². The van der Waals surface area contributed by atoms with Crippen molar-refractivity contribution in [2.45, 2.75) is 0 Å². The van der Waals surface area contributed by atoms with Gasteiger partial charge in [-0.05, 0) is 34.9 Å². The molecule has 0 radical (unpaired) electrons. The molecule has 0 saturated carbocycles. The Morgan fingerprint density at radius 3 is 2.43 bits per heavy atom. The lowest BCUT2D eigenvalue weighted by Gasteiger charge is -2.06. The largest absolute Gasteiger partial charge is 0.307 e. The summed E-state index contributed by atoms with van der Waals surface area (Å²) >= 11 is 0. The van der Waals surface area contributed by atoms with Gasteiger partial charge >= 0.3 is 0 Å². The van der Waals surface area contributed by atoms with E-state index >= 15 is 0 Å². The number of hydrogen-bond donors (Lipinski definition) is 0. The molecule has 0 spiro atoms. The third-order valence-electron chi connectivity index (χ3n) is 4.46. The highest BCUT2D eigenvalue weighted by molar-refractivity contribution is 6.22. The predicted molar refractivity (Wildman–Crippen MR) is 89.5 cm³/mol. The number of benzene rings is 2. The number of carbonyl (C=O) groups is 1. The normalized spacial score (nSPS) is 12.4. The number of nitrogens with zero attached hydrogens (tertiary/aromatic N) is 2. The minimum absolute atomic E-state index is 0.104. The Kier molecular flexibility index (Phi) is 2.36. The molecular formula is C20H12N2O. The van der Waals surface area contributed by atoms with Gasteiger partial charge < -0.3 is 4.40 Å². The Hall–Kier alpha value is -3.20. The van der Waals surface area contributed by atoms with Crippen LogP contribution in [-0.2, 0) is 0 Å². The maximum absolute atomic E-state index is 12.7. The predicted octanol–water partition coefficient (Wildman–Crippen LogP) is 4.21. The lowest BCUT2D eigenvalue weighted by atomic mass is 9.99. The zero-order chi connectivity index (χ0) is 15.4. The molecule has 3 heteroatoms. The Morgan fingerprint density at radius 1 is 0.739 bits per heavy atom. The fourth-order valence-electron chi connectivity index (χ4n) is 3.37. The van der Waals surface area contributed by atoms with Crippen LogP contribution in [-0.4, -0.2) is 15.2 Å². The Balaban J connectivity index is 1.75. The average molecular weight is 296 g/mol. The van der Waals surface area contributed by atoms with Crippen molar-refractivity contribution in [3.63, 3.8) is 0 Å². The summed E-state index contributed by atoms with van der Waals surface area (Å²) in [7, 11) is 0. The van der Waals surface area contributed by atoms with Crippen LogP contribution in [0.1, 0.15) is 15.9 Å². The molecule has 4 aromatic rings. The molecule has 0 unspecified atom stereocenters. The van der Waals surface area contributed by atoms with Crippen molar-refractivity contribution in [3.05, 3.63) is 84.3 Å². The Labute approximate surface area is 132 Å². The summed E-state index contributed by atoms with van der Waals surface area (Å²) in [5, 5.41) is 0. The highest BCUT2D eigenvalue weighted by atomic mass is 16.1. The van der Waals surface area contributed by atoms with E-state index in [-0.39, 0.29) is 5.78 Å². The van der Waals surface area contributed by atoms with E-state index < -0.39 is 0 Å². The molecule has 23 heavy (non-hydrogen) atoms. The fraction of sp³-hybridized carbons (Fsp3) is 0. The molecule has 1 aliphatic carbocycles. The number of rotatable bonds is 1. The van der Waals surface area contributed by atoms with Crippen molar-refractivity contribution < 1.29 is 4.79 Å². The first-order valence-electron chi connectivity index (χ1n) is 7.53. The summed E-state index contributed by atoms with van der Waals surface area (Å²) in [6.07, 6.45) is 5.68. The molecule has 108 valence electrons. The molecule has 0 amide bonds. The van der Waals surface area contributed by atoms with Crippen molar-refractivity contribution in [1.82, 2.24) is 9.38 Å². The van der Waals surface area contributed by atoms with Crippen molar-refractivity contribution in [3.8, 4) is 22.3 Å². The van der Waals surface area contributed by atoms with Gasteiger partial charge in [-0.3, -0.25) is 4.79 Å². The van der Waals surface area contributed by atoms with Crippen LogP contribution < -0.4 is 0 Å². The number of aromatic nitrogens is 2. The zero-order valence-corrected chi connectivity index (χ0v) is 12.2. The number of ketones is 1. The van der Waals surface area contributed by atoms with E-state index in [2.05, 4.69) is 11.1 Å². The summed E-state index contributed by atoms with van der Waals surface area (Å²) in [6.45, 7) is 0. The minimum Gasteiger partial charge on any atom is -0.307 e. The van der Waals surface area contributed by atoms with Gasteiger partial charge in [-0.15, -0.1) is 0 Å². The second kappa shape index (κ2) is 4.40. The van der Waals surface area contributed by atoms with Gasteiger partial charge in [-0.1, -0.05) is 36.4 Å². The molecule has 0 fully saturated rings. The van der Waals surface area contributed by atoms with Crippen molar-refractivity contribution in [2.75, 3.05) is 0 Å². The van der Waals surface area contributed by atoms with Crippen molar-refractivity contribution in [2.24, 2.45) is 0 Å². The molecule has 3 nitrogen and oxygen atoms in total. The molecule has 2 heterocycles. The first-order chi connectivity index (χ1) is 11.3. The maximum atomic E-state index is 12.7. The lowest BCUT2D eigenvalue weighted by molar-refractivity contribution is 0.104. The molecule has 0 N–H and O–H groups in total. The van der Waals surface area contributed by atoms with Crippen LogP contribution in [0.25, 0.3) is 27.9 Å². The summed E-state index contributed by atoms with van der Waals surface area (Å²) in [5.74, 6) is 0.104.